The van der Waals surface area contributed by atoms with Crippen LogP contribution in [0.5, 0.6) is 0 Å². The van der Waals surface area contributed by atoms with Gasteiger partial charge in [0.15, 0.2) is 0 Å². The first-order valence-corrected chi connectivity index (χ1v) is 9.40. The molecule has 2 aromatic carbocycles. The summed E-state index contributed by atoms with van der Waals surface area (Å²) in [6.45, 7) is 3.04. The molecule has 0 N–H and O–H groups in total. The summed E-state index contributed by atoms with van der Waals surface area (Å²) in [4.78, 5) is 14.7. The van der Waals surface area contributed by atoms with Gasteiger partial charge in [-0.15, -0.1) is 0 Å². The van der Waals surface area contributed by atoms with Gasteiger partial charge in [0, 0.05) is 19.6 Å². The molecule has 0 radical (unpaired) electrons. The van der Waals surface area contributed by atoms with Gasteiger partial charge in [0.25, 0.3) is 0 Å². The van der Waals surface area contributed by atoms with Gasteiger partial charge in [0.1, 0.15) is 0 Å². The van der Waals surface area contributed by atoms with Crippen molar-refractivity contribution in [3.8, 4) is 0 Å². The van der Waals surface area contributed by atoms with Gasteiger partial charge in [0.05, 0.1) is 17.3 Å². The maximum Gasteiger partial charge on any atom is 0.339 e. The number of halogens is 1. The second-order valence-corrected chi connectivity index (χ2v) is 7.12. The van der Waals surface area contributed by atoms with Crippen molar-refractivity contribution in [1.29, 1.82) is 0 Å². The lowest BCUT2D eigenvalue weighted by atomic mass is 10.0. The van der Waals surface area contributed by atoms with Crippen molar-refractivity contribution in [2.75, 3.05) is 31.1 Å². The number of carbonyl (C=O) groups excluding carboxylic acids is 1. The number of benzene rings is 2. The first-order valence-electron chi connectivity index (χ1n) is 9.02. The molecule has 2 heterocycles. The van der Waals surface area contributed by atoms with Gasteiger partial charge in [-0.05, 0) is 30.5 Å². The zero-order valence-electron chi connectivity index (χ0n) is 14.6. The third-order valence-corrected chi connectivity index (χ3v) is 5.27. The van der Waals surface area contributed by atoms with Crippen LogP contribution < -0.4 is 4.90 Å². The van der Waals surface area contributed by atoms with Gasteiger partial charge in [-0.25, -0.2) is 9.80 Å². The van der Waals surface area contributed by atoms with Crippen molar-refractivity contribution in [1.82, 2.24) is 10.0 Å². The number of anilines is 1. The van der Waals surface area contributed by atoms with E-state index in [4.69, 9.17) is 11.6 Å². The fourth-order valence-corrected chi connectivity index (χ4v) is 3.91. The molecule has 0 aromatic heterocycles. The summed E-state index contributed by atoms with van der Waals surface area (Å²) in [5.41, 5.74) is 3.47. The molecule has 1 fully saturated rings. The van der Waals surface area contributed by atoms with Crippen molar-refractivity contribution < 1.29 is 4.79 Å². The number of hydrogen-bond acceptors (Lipinski definition) is 2. The van der Waals surface area contributed by atoms with Crippen molar-refractivity contribution in [2.24, 2.45) is 0 Å². The predicted octanol–water partition coefficient (Wildman–Crippen LogP) is 4.37. The minimum atomic E-state index is 0.0130. The highest BCUT2D eigenvalue weighted by atomic mass is 35.5. The molecular weight excluding hydrogens is 346 g/mol. The summed E-state index contributed by atoms with van der Waals surface area (Å²) in [6.07, 6.45) is 4.22. The zero-order chi connectivity index (χ0) is 17.9. The fourth-order valence-electron chi connectivity index (χ4n) is 3.67. The molecule has 0 aliphatic carbocycles. The molecule has 4 rings (SSSR count). The van der Waals surface area contributed by atoms with E-state index in [0.29, 0.717) is 18.1 Å². The number of nitrogens with zero attached hydrogens (tertiary/aromatic N) is 3. The van der Waals surface area contributed by atoms with Crippen LogP contribution in [0.1, 0.15) is 12.0 Å². The summed E-state index contributed by atoms with van der Waals surface area (Å²) in [7, 11) is 0. The highest BCUT2D eigenvalue weighted by molar-refractivity contribution is 6.33. The number of amides is 2. The molecule has 5 heteroatoms. The van der Waals surface area contributed by atoms with Crippen LogP contribution in [0.25, 0.3) is 0 Å². The standard InChI is InChI=1S/C21H22ClN3O/c22-19-10-4-5-11-20(19)24-13-14-25(21(24)26)23-12-6-9-18(16-23)15-17-7-2-1-3-8-17/h1-5,7-11H,6,12-16H2. The molecule has 0 atom stereocenters. The van der Waals surface area contributed by atoms with E-state index in [0.717, 1.165) is 31.6 Å². The molecule has 0 bridgehead atoms. The van der Waals surface area contributed by atoms with Gasteiger partial charge in [-0.2, -0.15) is 0 Å². The number of hydrazine groups is 1. The fraction of sp³-hybridized carbons (Fsp3) is 0.286. The van der Waals surface area contributed by atoms with Crippen LogP contribution in [-0.4, -0.2) is 42.2 Å². The maximum atomic E-state index is 13.0. The van der Waals surface area contributed by atoms with E-state index >= 15 is 0 Å². The summed E-state index contributed by atoms with van der Waals surface area (Å²) in [5.74, 6) is 0. The van der Waals surface area contributed by atoms with E-state index in [-0.39, 0.29) is 6.03 Å². The van der Waals surface area contributed by atoms with Gasteiger partial charge in [0.2, 0.25) is 0 Å². The Balaban J connectivity index is 1.44. The highest BCUT2D eigenvalue weighted by Gasteiger charge is 2.35. The molecule has 26 heavy (non-hydrogen) atoms. The quantitative estimate of drug-likeness (QED) is 0.750. The normalized spacial score (nSPS) is 18.3. The van der Waals surface area contributed by atoms with E-state index in [1.54, 1.807) is 4.90 Å². The predicted molar refractivity (Wildman–Crippen MR) is 105 cm³/mol. The Labute approximate surface area is 159 Å². The SMILES string of the molecule is O=C1N(c2ccccc2Cl)CCN1N1CCC=C(Cc2ccccc2)C1. The molecule has 4 nitrogen and oxygen atoms in total. The summed E-state index contributed by atoms with van der Waals surface area (Å²) in [5, 5.41) is 4.67. The van der Waals surface area contributed by atoms with E-state index in [9.17, 15) is 4.79 Å². The van der Waals surface area contributed by atoms with Gasteiger partial charge in [-0.1, -0.05) is 65.7 Å². The monoisotopic (exact) mass is 367 g/mol. The van der Waals surface area contributed by atoms with Crippen molar-refractivity contribution in [3.63, 3.8) is 0 Å². The first kappa shape index (κ1) is 17.1. The minimum absolute atomic E-state index is 0.0130. The summed E-state index contributed by atoms with van der Waals surface area (Å²) < 4.78 is 0. The van der Waals surface area contributed by atoms with Crippen LogP contribution in [0.4, 0.5) is 10.5 Å². The van der Waals surface area contributed by atoms with Crippen LogP contribution in [-0.2, 0) is 6.42 Å². The number of hydrogen-bond donors (Lipinski definition) is 0. The summed E-state index contributed by atoms with van der Waals surface area (Å²) in [6, 6.07) is 18.0. The Kier molecular flexibility index (Phi) is 4.96. The largest absolute Gasteiger partial charge is 0.339 e. The van der Waals surface area contributed by atoms with E-state index in [1.807, 2.05) is 35.3 Å². The summed E-state index contributed by atoms with van der Waals surface area (Å²) >= 11 is 6.28. The molecule has 0 saturated carbocycles. The maximum absolute atomic E-state index is 13.0. The minimum Gasteiger partial charge on any atom is -0.290 e. The van der Waals surface area contributed by atoms with Crippen LogP contribution in [0.3, 0.4) is 0 Å². The van der Waals surface area contributed by atoms with Crippen LogP contribution >= 0.6 is 11.6 Å². The Bertz CT molecular complexity index is 821. The molecule has 2 aliphatic rings. The molecular formula is C21H22ClN3O. The average Bonchev–Trinajstić information content (AvgIpc) is 3.04. The highest BCUT2D eigenvalue weighted by Crippen LogP contribution is 2.29. The lowest BCUT2D eigenvalue weighted by molar-refractivity contribution is 0.0387. The second kappa shape index (κ2) is 7.52. The van der Waals surface area contributed by atoms with Crippen molar-refractivity contribution in [3.05, 3.63) is 76.8 Å². The second-order valence-electron chi connectivity index (χ2n) is 6.71. The topological polar surface area (TPSA) is 26.8 Å². The van der Waals surface area contributed by atoms with Crippen LogP contribution in [0.15, 0.2) is 66.2 Å². The molecule has 2 amide bonds. The van der Waals surface area contributed by atoms with Gasteiger partial charge < -0.3 is 0 Å². The van der Waals surface area contributed by atoms with E-state index in [1.165, 1.54) is 11.1 Å². The Morgan fingerprint density at radius 2 is 1.69 bits per heavy atom. The zero-order valence-corrected chi connectivity index (χ0v) is 15.4. The number of rotatable bonds is 4. The van der Waals surface area contributed by atoms with E-state index < -0.39 is 0 Å². The van der Waals surface area contributed by atoms with Gasteiger partial charge in [-0.3, -0.25) is 9.91 Å². The van der Waals surface area contributed by atoms with Gasteiger partial charge >= 0.3 is 6.03 Å². The lowest BCUT2D eigenvalue weighted by Gasteiger charge is -2.34. The Morgan fingerprint density at radius 1 is 0.923 bits per heavy atom. The first-order chi connectivity index (χ1) is 12.7. The molecule has 2 aliphatic heterocycles. The average molecular weight is 368 g/mol. The number of urea groups is 1. The Morgan fingerprint density at radius 3 is 2.50 bits per heavy atom. The third-order valence-electron chi connectivity index (χ3n) is 4.95. The molecule has 1 saturated heterocycles. The van der Waals surface area contributed by atoms with Crippen molar-refractivity contribution >= 4 is 23.3 Å². The lowest BCUT2D eigenvalue weighted by Crippen LogP contribution is -2.48. The molecule has 0 spiro atoms. The molecule has 134 valence electrons. The number of para-hydroxylation sites is 1. The molecule has 2 aromatic rings. The third kappa shape index (κ3) is 3.48. The molecule has 0 unspecified atom stereocenters. The van der Waals surface area contributed by atoms with Crippen LogP contribution in [0, 0.1) is 0 Å². The van der Waals surface area contributed by atoms with E-state index in [2.05, 4.69) is 35.4 Å². The smallest absolute Gasteiger partial charge is 0.290 e. The van der Waals surface area contributed by atoms with Crippen LogP contribution in [0.2, 0.25) is 5.02 Å². The number of carbonyl (C=O) groups is 1. The Hall–Kier alpha value is -2.30. The van der Waals surface area contributed by atoms with Crippen molar-refractivity contribution in [2.45, 2.75) is 12.8 Å².